The van der Waals surface area contributed by atoms with Crippen LogP contribution >= 0.6 is 39.0 Å². The molecule has 0 saturated carbocycles. The summed E-state index contributed by atoms with van der Waals surface area (Å²) >= 11 is 5.77. The highest BCUT2D eigenvalue weighted by Gasteiger charge is 2.56. The van der Waals surface area contributed by atoms with Gasteiger partial charge < -0.3 is 5.32 Å². The van der Waals surface area contributed by atoms with Gasteiger partial charge in [-0.25, -0.2) is 4.90 Å². The molecule has 3 amide bonds. The van der Waals surface area contributed by atoms with Crippen molar-refractivity contribution in [1.29, 1.82) is 0 Å². The average Bonchev–Trinajstić information content (AvgIpc) is 3.36. The molecule has 2 aliphatic rings. The van der Waals surface area contributed by atoms with Gasteiger partial charge in [0, 0.05) is 21.0 Å². The summed E-state index contributed by atoms with van der Waals surface area (Å²) in [7, 11) is 0. The van der Waals surface area contributed by atoms with Gasteiger partial charge in [-0.1, -0.05) is 87.6 Å². The number of thioether (sulfide) groups is 1. The van der Waals surface area contributed by atoms with Crippen molar-refractivity contribution in [2.24, 2.45) is 5.92 Å². The highest BCUT2D eigenvalue weighted by molar-refractivity contribution is 9.10. The van der Waals surface area contributed by atoms with Gasteiger partial charge in [-0.05, 0) is 48.4 Å². The molecule has 0 spiro atoms. The number of carbonyl (C=O) groups excluding carboxylic acids is 3. The van der Waals surface area contributed by atoms with Crippen LogP contribution in [-0.4, -0.2) is 27.5 Å². The van der Waals surface area contributed by atoms with Crippen molar-refractivity contribution in [3.8, 4) is 0 Å². The fourth-order valence-electron chi connectivity index (χ4n) is 5.19. The maximum atomic E-state index is 13.9. The molecule has 1 N–H and O–H groups in total. The molecule has 1 saturated heterocycles. The molecule has 196 valence electrons. The first-order chi connectivity index (χ1) is 18.8. The van der Waals surface area contributed by atoms with Crippen molar-refractivity contribution in [3.63, 3.8) is 0 Å². The number of hydrogen-bond donors (Lipinski definition) is 1. The first-order valence-corrected chi connectivity index (χ1v) is 14.8. The number of nitrogens with zero attached hydrogens (tertiary/aromatic N) is 2. The van der Waals surface area contributed by atoms with Gasteiger partial charge in [0.05, 0.1) is 16.6 Å². The minimum absolute atomic E-state index is 0.195. The minimum atomic E-state index is -0.728. The summed E-state index contributed by atoms with van der Waals surface area (Å²) in [6.07, 6.45) is 0. The molecule has 3 atom stereocenters. The van der Waals surface area contributed by atoms with E-state index in [0.717, 1.165) is 26.9 Å². The van der Waals surface area contributed by atoms with E-state index in [4.69, 9.17) is 0 Å². The van der Waals surface area contributed by atoms with Crippen LogP contribution < -0.4 is 15.1 Å². The summed E-state index contributed by atoms with van der Waals surface area (Å²) in [4.78, 5) is 55.6. The van der Waals surface area contributed by atoms with E-state index < -0.39 is 17.1 Å². The van der Waals surface area contributed by atoms with Crippen LogP contribution in [0.15, 0.2) is 93.2 Å². The van der Waals surface area contributed by atoms with Gasteiger partial charge in [-0.2, -0.15) is 0 Å². The molecule has 39 heavy (non-hydrogen) atoms. The number of nitrogens with one attached hydrogen (secondary N) is 1. The van der Waals surface area contributed by atoms with Gasteiger partial charge >= 0.3 is 4.87 Å². The van der Waals surface area contributed by atoms with Gasteiger partial charge in [0.25, 0.3) is 0 Å². The lowest BCUT2D eigenvalue weighted by molar-refractivity contribution is -0.122. The van der Waals surface area contributed by atoms with Crippen molar-refractivity contribution in [3.05, 3.63) is 109 Å². The number of rotatable bonds is 5. The Morgan fingerprint density at radius 2 is 1.69 bits per heavy atom. The molecule has 0 bridgehead atoms. The Morgan fingerprint density at radius 1 is 0.949 bits per heavy atom. The van der Waals surface area contributed by atoms with E-state index >= 15 is 0 Å². The Balaban J connectivity index is 1.42. The summed E-state index contributed by atoms with van der Waals surface area (Å²) < 4.78 is 2.26. The van der Waals surface area contributed by atoms with Gasteiger partial charge in [0.15, 0.2) is 0 Å². The molecule has 1 fully saturated rings. The average molecular weight is 621 g/mol. The molecule has 0 aliphatic carbocycles. The molecular formula is C29H22BrN3O4S2. The van der Waals surface area contributed by atoms with Crippen LogP contribution in [0.25, 0.3) is 0 Å². The molecule has 3 unspecified atom stereocenters. The van der Waals surface area contributed by atoms with E-state index in [9.17, 15) is 19.2 Å². The summed E-state index contributed by atoms with van der Waals surface area (Å²) in [6.45, 7) is 1.70. The van der Waals surface area contributed by atoms with Crippen molar-refractivity contribution in [1.82, 2.24) is 4.57 Å². The Kier molecular flexibility index (Phi) is 6.78. The van der Waals surface area contributed by atoms with Crippen LogP contribution in [0.1, 0.15) is 21.9 Å². The summed E-state index contributed by atoms with van der Waals surface area (Å²) in [5, 5.41) is 2.72. The second-order valence-corrected chi connectivity index (χ2v) is 12.5. The zero-order chi connectivity index (χ0) is 27.3. The lowest BCUT2D eigenvalue weighted by Gasteiger charge is -2.30. The fourth-order valence-corrected chi connectivity index (χ4v) is 8.38. The van der Waals surface area contributed by atoms with Gasteiger partial charge in [-0.3, -0.25) is 23.7 Å². The number of para-hydroxylation sites is 2. The van der Waals surface area contributed by atoms with E-state index in [1.165, 1.54) is 21.2 Å². The number of carbonyl (C=O) groups is 3. The summed E-state index contributed by atoms with van der Waals surface area (Å²) in [5.41, 5.74) is 2.94. The largest absolute Gasteiger partial charge is 0.324 e. The predicted molar refractivity (Wildman–Crippen MR) is 156 cm³/mol. The highest BCUT2D eigenvalue weighted by Crippen LogP contribution is 2.54. The predicted octanol–water partition coefficient (Wildman–Crippen LogP) is 5.42. The monoisotopic (exact) mass is 619 g/mol. The van der Waals surface area contributed by atoms with Crippen LogP contribution in [0, 0.1) is 12.8 Å². The highest BCUT2D eigenvalue weighted by atomic mass is 79.9. The Bertz CT molecular complexity index is 1680. The van der Waals surface area contributed by atoms with Crippen molar-refractivity contribution in [2.75, 3.05) is 10.2 Å². The molecule has 2 aliphatic heterocycles. The first kappa shape index (κ1) is 25.8. The number of aryl methyl sites for hydroxylation is 1. The van der Waals surface area contributed by atoms with Crippen molar-refractivity contribution in [2.45, 2.75) is 29.7 Å². The van der Waals surface area contributed by atoms with Crippen LogP contribution in [0.4, 0.5) is 11.4 Å². The van der Waals surface area contributed by atoms with Gasteiger partial charge in [0.2, 0.25) is 17.7 Å². The normalized spacial score (nSPS) is 20.1. The molecule has 0 radical (unpaired) electrons. The number of amides is 3. The van der Waals surface area contributed by atoms with Crippen molar-refractivity contribution < 1.29 is 14.4 Å². The first-order valence-electron chi connectivity index (χ1n) is 12.3. The SMILES string of the molecule is Cc1ccccc1NC(=O)Cn1c2c(sc1=O)C(c1cccc(Br)c1)C1C(=O)N(c3ccccc3)C(=O)C1S2. The molecule has 4 aromatic rings. The lowest BCUT2D eigenvalue weighted by Crippen LogP contribution is -2.33. The number of benzene rings is 3. The number of fused-ring (bicyclic) bond motifs is 2. The Labute approximate surface area is 241 Å². The van der Waals surface area contributed by atoms with E-state index in [-0.39, 0.29) is 29.1 Å². The molecule has 1 aromatic heterocycles. The molecular weight excluding hydrogens is 598 g/mol. The Morgan fingerprint density at radius 3 is 2.44 bits per heavy atom. The molecule has 3 aromatic carbocycles. The lowest BCUT2D eigenvalue weighted by atomic mass is 9.83. The second kappa shape index (κ2) is 10.3. The third kappa shape index (κ3) is 4.56. The number of aromatic nitrogens is 1. The van der Waals surface area contributed by atoms with Crippen molar-refractivity contribution >= 4 is 68.1 Å². The Hall–Kier alpha value is -3.47. The summed E-state index contributed by atoms with van der Waals surface area (Å²) in [5.74, 6) is -2.14. The number of imide groups is 1. The van der Waals surface area contributed by atoms with Crippen LogP contribution in [-0.2, 0) is 20.9 Å². The maximum Gasteiger partial charge on any atom is 0.308 e. The third-order valence-electron chi connectivity index (χ3n) is 6.99. The minimum Gasteiger partial charge on any atom is -0.324 e. The number of hydrogen-bond acceptors (Lipinski definition) is 6. The van der Waals surface area contributed by atoms with Gasteiger partial charge in [-0.15, -0.1) is 0 Å². The molecule has 6 rings (SSSR count). The number of anilines is 2. The van der Waals surface area contributed by atoms with Crippen LogP contribution in [0.3, 0.4) is 0 Å². The standard InChI is InChI=1S/C29H22BrN3O4S2/c1-16-8-5-6-13-20(16)31-21(34)15-32-28-25(39-29(32)37)22(17-9-7-10-18(30)14-17)23-24(38-28)27(36)33(26(23)35)19-11-3-2-4-12-19/h2-14,22-24H,15H2,1H3,(H,31,34). The number of thiazole rings is 1. The van der Waals surface area contributed by atoms with E-state index in [2.05, 4.69) is 21.2 Å². The van der Waals surface area contributed by atoms with Crippen LogP contribution in [0.2, 0.25) is 0 Å². The molecule has 10 heteroatoms. The zero-order valence-electron chi connectivity index (χ0n) is 20.7. The quantitative estimate of drug-likeness (QED) is 0.302. The van der Waals surface area contributed by atoms with E-state index in [1.54, 1.807) is 24.3 Å². The topological polar surface area (TPSA) is 88.5 Å². The van der Waals surface area contributed by atoms with Crippen LogP contribution in [0.5, 0.6) is 0 Å². The maximum absolute atomic E-state index is 13.9. The fraction of sp³-hybridized carbons (Fsp3) is 0.172. The zero-order valence-corrected chi connectivity index (χ0v) is 23.9. The van der Waals surface area contributed by atoms with E-state index in [0.29, 0.717) is 21.3 Å². The van der Waals surface area contributed by atoms with Gasteiger partial charge in [0.1, 0.15) is 11.8 Å². The number of halogens is 1. The second-order valence-electron chi connectivity index (χ2n) is 9.43. The molecule has 3 heterocycles. The molecule has 7 nitrogen and oxygen atoms in total. The third-order valence-corrected chi connectivity index (χ3v) is 10.1. The van der Waals surface area contributed by atoms with E-state index in [1.807, 2.05) is 61.5 Å². The smallest absolute Gasteiger partial charge is 0.308 e. The summed E-state index contributed by atoms with van der Waals surface area (Å²) in [6, 6.07) is 23.9.